The topological polar surface area (TPSA) is 77.2 Å². The number of nitrogens with one attached hydrogen (secondary N) is 1. The number of rotatable bonds is 3. The lowest BCUT2D eigenvalue weighted by Crippen LogP contribution is -2.08. The van der Waals surface area contributed by atoms with Gasteiger partial charge in [0.25, 0.3) is 0 Å². The first kappa shape index (κ1) is 14.1. The highest BCUT2D eigenvalue weighted by atomic mass is 35.5. The molecule has 0 amide bonds. The zero-order chi connectivity index (χ0) is 14.7. The van der Waals surface area contributed by atoms with E-state index >= 15 is 0 Å². The van der Waals surface area contributed by atoms with Crippen LogP contribution in [-0.2, 0) is 4.74 Å². The number of benzene rings is 1. The van der Waals surface area contributed by atoms with Crippen LogP contribution in [0.25, 0.3) is 0 Å². The number of pyridine rings is 1. The second-order valence-corrected chi connectivity index (χ2v) is 4.29. The number of aromatic nitrogens is 1. The average molecular weight is 296 g/mol. The Morgan fingerprint density at radius 1 is 1.40 bits per heavy atom. The van der Waals surface area contributed by atoms with E-state index in [2.05, 4.69) is 15.0 Å². The summed E-state index contributed by atoms with van der Waals surface area (Å²) in [5.41, 5.74) is 6.57. The van der Waals surface area contributed by atoms with Crippen LogP contribution >= 0.6 is 11.6 Å². The molecule has 0 aliphatic heterocycles. The molecule has 0 bridgehead atoms. The SMILES string of the molecule is COC(=O)c1ccc(N)c(Nc2ccc(Cl)c(F)c2)n1. The molecule has 0 atom stereocenters. The van der Waals surface area contributed by atoms with E-state index in [1.54, 1.807) is 6.07 Å². The van der Waals surface area contributed by atoms with Crippen LogP contribution in [0.3, 0.4) is 0 Å². The summed E-state index contributed by atoms with van der Waals surface area (Å²) in [7, 11) is 1.25. The van der Waals surface area contributed by atoms with Crippen molar-refractivity contribution in [2.75, 3.05) is 18.2 Å². The molecule has 0 aliphatic rings. The number of hydrogen-bond acceptors (Lipinski definition) is 5. The second-order valence-electron chi connectivity index (χ2n) is 3.88. The summed E-state index contributed by atoms with van der Waals surface area (Å²) in [6.07, 6.45) is 0. The van der Waals surface area contributed by atoms with Gasteiger partial charge in [-0.1, -0.05) is 11.6 Å². The summed E-state index contributed by atoms with van der Waals surface area (Å²) in [5.74, 6) is -0.927. The van der Waals surface area contributed by atoms with Crippen molar-refractivity contribution in [2.24, 2.45) is 0 Å². The third-order valence-electron chi connectivity index (χ3n) is 2.50. The summed E-state index contributed by atoms with van der Waals surface area (Å²) >= 11 is 5.60. The van der Waals surface area contributed by atoms with Crippen molar-refractivity contribution in [3.05, 3.63) is 46.9 Å². The van der Waals surface area contributed by atoms with Crippen molar-refractivity contribution in [1.29, 1.82) is 0 Å². The normalized spacial score (nSPS) is 10.2. The lowest BCUT2D eigenvalue weighted by Gasteiger charge is -2.10. The summed E-state index contributed by atoms with van der Waals surface area (Å²) < 4.78 is 17.9. The van der Waals surface area contributed by atoms with E-state index < -0.39 is 11.8 Å². The zero-order valence-corrected chi connectivity index (χ0v) is 11.2. The maximum atomic E-state index is 13.3. The third kappa shape index (κ3) is 2.97. The van der Waals surface area contributed by atoms with Crippen LogP contribution in [0.15, 0.2) is 30.3 Å². The van der Waals surface area contributed by atoms with Crippen LogP contribution in [0.2, 0.25) is 5.02 Å². The van der Waals surface area contributed by atoms with Gasteiger partial charge in [-0.2, -0.15) is 0 Å². The molecule has 1 aromatic heterocycles. The molecule has 20 heavy (non-hydrogen) atoms. The number of hydrogen-bond donors (Lipinski definition) is 2. The Morgan fingerprint density at radius 2 is 2.15 bits per heavy atom. The summed E-state index contributed by atoms with van der Waals surface area (Å²) in [6.45, 7) is 0. The molecule has 1 heterocycles. The Hall–Kier alpha value is -2.34. The first-order chi connectivity index (χ1) is 9.51. The van der Waals surface area contributed by atoms with Crippen LogP contribution in [0.4, 0.5) is 21.6 Å². The molecular formula is C13H11ClFN3O2. The van der Waals surface area contributed by atoms with E-state index in [4.69, 9.17) is 17.3 Å². The maximum absolute atomic E-state index is 13.3. The molecule has 0 spiro atoms. The molecule has 0 saturated carbocycles. The minimum Gasteiger partial charge on any atom is -0.464 e. The Bertz CT molecular complexity index is 664. The molecule has 7 heteroatoms. The van der Waals surface area contributed by atoms with Crippen molar-refractivity contribution >= 4 is 34.8 Å². The highest BCUT2D eigenvalue weighted by molar-refractivity contribution is 6.30. The summed E-state index contributed by atoms with van der Waals surface area (Å²) in [6, 6.07) is 7.12. The van der Waals surface area contributed by atoms with Gasteiger partial charge in [0.2, 0.25) is 0 Å². The van der Waals surface area contributed by atoms with Crippen molar-refractivity contribution in [3.63, 3.8) is 0 Å². The van der Waals surface area contributed by atoms with Gasteiger partial charge < -0.3 is 15.8 Å². The van der Waals surface area contributed by atoms with Crippen molar-refractivity contribution in [2.45, 2.75) is 0 Å². The van der Waals surface area contributed by atoms with Crippen molar-refractivity contribution < 1.29 is 13.9 Å². The fraction of sp³-hybridized carbons (Fsp3) is 0.0769. The number of halogens is 2. The van der Waals surface area contributed by atoms with E-state index in [9.17, 15) is 9.18 Å². The lowest BCUT2D eigenvalue weighted by molar-refractivity contribution is 0.0594. The minimum atomic E-state index is -0.588. The molecule has 0 unspecified atom stereocenters. The van der Waals surface area contributed by atoms with Crippen LogP contribution in [0.5, 0.6) is 0 Å². The molecule has 104 valence electrons. The predicted molar refractivity (Wildman–Crippen MR) is 74.7 cm³/mol. The molecule has 2 aromatic rings. The number of nitrogens with two attached hydrogens (primary N) is 1. The lowest BCUT2D eigenvalue weighted by atomic mass is 10.3. The second kappa shape index (κ2) is 5.75. The number of carbonyl (C=O) groups is 1. The zero-order valence-electron chi connectivity index (χ0n) is 10.5. The first-order valence-corrected chi connectivity index (χ1v) is 5.96. The maximum Gasteiger partial charge on any atom is 0.356 e. The fourth-order valence-electron chi connectivity index (χ4n) is 1.50. The number of carbonyl (C=O) groups excluding carboxylic acids is 1. The van der Waals surface area contributed by atoms with E-state index in [1.807, 2.05) is 0 Å². The van der Waals surface area contributed by atoms with Crippen LogP contribution in [0.1, 0.15) is 10.5 Å². The predicted octanol–water partition coefficient (Wildman–Crippen LogP) is 2.99. The Kier molecular flexibility index (Phi) is 4.05. The Labute approximate surface area is 119 Å². The van der Waals surface area contributed by atoms with Crippen molar-refractivity contribution in [3.8, 4) is 0 Å². The number of methoxy groups -OCH3 is 1. The van der Waals surface area contributed by atoms with Crippen molar-refractivity contribution in [1.82, 2.24) is 4.98 Å². The molecule has 0 saturated heterocycles. The van der Waals surface area contributed by atoms with Gasteiger partial charge in [-0.05, 0) is 30.3 Å². The standard InChI is InChI=1S/C13H11ClFN3O2/c1-20-13(19)11-5-4-10(16)12(18-11)17-7-2-3-8(14)9(15)6-7/h2-6H,16H2,1H3,(H,17,18). The molecule has 5 nitrogen and oxygen atoms in total. The van der Waals surface area contributed by atoms with Gasteiger partial charge >= 0.3 is 5.97 Å². The van der Waals surface area contributed by atoms with Gasteiger partial charge in [-0.15, -0.1) is 0 Å². The number of ether oxygens (including phenoxy) is 1. The molecule has 0 radical (unpaired) electrons. The quantitative estimate of drug-likeness (QED) is 0.851. The summed E-state index contributed by atoms with van der Waals surface area (Å²) in [4.78, 5) is 15.4. The van der Waals surface area contributed by atoms with E-state index in [0.29, 0.717) is 11.4 Å². The largest absolute Gasteiger partial charge is 0.464 e. The highest BCUT2D eigenvalue weighted by Gasteiger charge is 2.11. The monoisotopic (exact) mass is 295 g/mol. The Balaban J connectivity index is 2.32. The molecular weight excluding hydrogens is 285 g/mol. The number of anilines is 3. The van der Waals surface area contributed by atoms with Crippen LogP contribution < -0.4 is 11.1 Å². The smallest absolute Gasteiger partial charge is 0.356 e. The number of esters is 1. The van der Waals surface area contributed by atoms with Gasteiger partial charge in [0.15, 0.2) is 11.5 Å². The third-order valence-corrected chi connectivity index (χ3v) is 2.81. The minimum absolute atomic E-state index is 0.0137. The van der Waals surface area contributed by atoms with Gasteiger partial charge in [-0.3, -0.25) is 0 Å². The fourth-order valence-corrected chi connectivity index (χ4v) is 1.62. The van der Waals surface area contributed by atoms with Gasteiger partial charge in [0.1, 0.15) is 5.82 Å². The highest BCUT2D eigenvalue weighted by Crippen LogP contribution is 2.24. The number of nitrogen functional groups attached to an aromatic ring is 1. The van der Waals surface area contributed by atoms with Crippen LogP contribution in [0, 0.1) is 5.82 Å². The van der Waals surface area contributed by atoms with E-state index in [1.165, 1.54) is 31.4 Å². The first-order valence-electron chi connectivity index (χ1n) is 5.58. The Morgan fingerprint density at radius 3 is 2.80 bits per heavy atom. The van der Waals surface area contributed by atoms with E-state index in [0.717, 1.165) is 0 Å². The van der Waals surface area contributed by atoms with E-state index in [-0.39, 0.29) is 16.5 Å². The molecule has 3 N–H and O–H groups in total. The molecule has 0 aliphatic carbocycles. The van der Waals surface area contributed by atoms with Gasteiger partial charge in [0.05, 0.1) is 17.8 Å². The molecule has 0 fully saturated rings. The summed E-state index contributed by atoms with van der Waals surface area (Å²) in [5, 5.41) is 2.83. The molecule has 1 aromatic carbocycles. The van der Waals surface area contributed by atoms with Gasteiger partial charge in [-0.25, -0.2) is 14.2 Å². The average Bonchev–Trinajstić information content (AvgIpc) is 2.44. The number of nitrogens with zero attached hydrogens (tertiary/aromatic N) is 1. The van der Waals surface area contributed by atoms with Crippen LogP contribution in [-0.4, -0.2) is 18.1 Å². The van der Waals surface area contributed by atoms with Gasteiger partial charge in [0, 0.05) is 5.69 Å². The molecule has 2 rings (SSSR count).